The Morgan fingerprint density at radius 3 is 2.26 bits per heavy atom. The smallest absolute Gasteiger partial charge is 0.335 e. The molecule has 0 spiro atoms. The molecule has 10 heteroatoms. The third-order valence-electron chi connectivity index (χ3n) is 5.86. The molecule has 1 atom stereocenters. The second-order valence-corrected chi connectivity index (χ2v) is 7.98. The lowest BCUT2D eigenvalue weighted by Gasteiger charge is -2.26. The number of carbonyl (C=O) groups excluding carboxylic acids is 1. The molecule has 10 nitrogen and oxygen atoms in total. The van der Waals surface area contributed by atoms with E-state index in [4.69, 9.17) is 9.15 Å². The first-order valence-corrected chi connectivity index (χ1v) is 10.3. The molecule has 0 fully saturated rings. The first-order valence-electron chi connectivity index (χ1n) is 10.3. The summed E-state index contributed by atoms with van der Waals surface area (Å²) in [5.41, 5.74) is -0.268. The lowest BCUT2D eigenvalue weighted by molar-refractivity contribution is -0.135. The van der Waals surface area contributed by atoms with Crippen molar-refractivity contribution in [2.45, 2.75) is 12.3 Å². The van der Waals surface area contributed by atoms with Crippen LogP contribution in [-0.4, -0.2) is 37.5 Å². The van der Waals surface area contributed by atoms with E-state index in [0.29, 0.717) is 5.56 Å². The van der Waals surface area contributed by atoms with Crippen LogP contribution in [0.4, 0.5) is 0 Å². The third kappa shape index (κ3) is 3.48. The number of phenolic OH excluding ortho intramolecular Hbond substituents is 3. The molecule has 1 aliphatic rings. The summed E-state index contributed by atoms with van der Waals surface area (Å²) in [5.74, 6) is -5.26. The van der Waals surface area contributed by atoms with Crippen molar-refractivity contribution < 1.29 is 44.3 Å². The molecular weight excluding hydrogens is 460 g/mol. The molecular formula is C25H16O10. The minimum atomic E-state index is -1.13. The van der Waals surface area contributed by atoms with Crippen molar-refractivity contribution in [3.05, 3.63) is 75.4 Å². The number of ether oxygens (including phenoxy) is 1. The van der Waals surface area contributed by atoms with Crippen molar-refractivity contribution in [1.82, 2.24) is 0 Å². The average Bonchev–Trinajstić information content (AvgIpc) is 2.82. The van der Waals surface area contributed by atoms with Crippen LogP contribution in [0, 0.1) is 0 Å². The Bertz CT molecular complexity index is 1600. The van der Waals surface area contributed by atoms with Crippen LogP contribution in [-0.2, 0) is 4.79 Å². The van der Waals surface area contributed by atoms with Gasteiger partial charge >= 0.3 is 11.9 Å². The van der Waals surface area contributed by atoms with E-state index in [9.17, 15) is 39.9 Å². The van der Waals surface area contributed by atoms with E-state index in [1.54, 1.807) is 0 Å². The molecule has 35 heavy (non-hydrogen) atoms. The van der Waals surface area contributed by atoms with Crippen LogP contribution in [0.2, 0.25) is 0 Å². The number of fused-ring (bicyclic) bond motifs is 3. The number of aromatic carboxylic acids is 1. The van der Waals surface area contributed by atoms with Crippen molar-refractivity contribution in [2.75, 3.05) is 0 Å². The Morgan fingerprint density at radius 2 is 1.60 bits per heavy atom. The van der Waals surface area contributed by atoms with Gasteiger partial charge in [-0.3, -0.25) is 9.59 Å². The van der Waals surface area contributed by atoms with Crippen molar-refractivity contribution in [3.63, 3.8) is 0 Å². The maximum atomic E-state index is 13.1. The van der Waals surface area contributed by atoms with Crippen molar-refractivity contribution in [1.29, 1.82) is 0 Å². The van der Waals surface area contributed by atoms with E-state index in [2.05, 4.69) is 0 Å². The standard InChI is InChI=1S/C25H16O10/c26-14-6-5-12(7-15(14)27)23-22(31)21(30)20-16(28)9-17-19(24(20)35-23)13(8-18(29)34-17)10-1-3-11(4-2-10)25(32)33/h1-7,9,13,26-28,31H,8H2,(H,32,33)/t13-/m1/s1. The number of carbonyl (C=O) groups is 2. The highest BCUT2D eigenvalue weighted by Gasteiger charge is 2.34. The van der Waals surface area contributed by atoms with Gasteiger partial charge in [-0.1, -0.05) is 12.1 Å². The van der Waals surface area contributed by atoms with Gasteiger partial charge in [-0.15, -0.1) is 0 Å². The molecule has 0 saturated carbocycles. The van der Waals surface area contributed by atoms with Gasteiger partial charge in [0.2, 0.25) is 11.2 Å². The number of hydrogen-bond donors (Lipinski definition) is 5. The first kappa shape index (κ1) is 21.8. The fourth-order valence-corrected chi connectivity index (χ4v) is 4.18. The number of phenols is 3. The Morgan fingerprint density at radius 1 is 0.886 bits per heavy atom. The zero-order valence-electron chi connectivity index (χ0n) is 17.7. The third-order valence-corrected chi connectivity index (χ3v) is 5.86. The highest BCUT2D eigenvalue weighted by atomic mass is 16.5. The Balaban J connectivity index is 1.81. The van der Waals surface area contributed by atoms with Gasteiger partial charge < -0.3 is 34.7 Å². The fraction of sp³-hybridized carbons (Fsp3) is 0.0800. The number of carboxylic acid groups (broad SMARTS) is 1. The molecule has 0 bridgehead atoms. The van der Waals surface area contributed by atoms with Gasteiger partial charge in [0.05, 0.1) is 12.0 Å². The molecule has 1 aromatic heterocycles. The van der Waals surface area contributed by atoms with Crippen molar-refractivity contribution in [2.24, 2.45) is 0 Å². The number of carboxylic acids is 1. The van der Waals surface area contributed by atoms with Crippen molar-refractivity contribution in [3.8, 4) is 40.1 Å². The monoisotopic (exact) mass is 476 g/mol. The minimum absolute atomic E-state index is 0.0359. The van der Waals surface area contributed by atoms with E-state index in [0.717, 1.165) is 18.2 Å². The lowest BCUT2D eigenvalue weighted by Crippen LogP contribution is -2.22. The average molecular weight is 476 g/mol. The van der Waals surface area contributed by atoms with Crippen LogP contribution >= 0.6 is 0 Å². The summed E-state index contributed by atoms with van der Waals surface area (Å²) < 4.78 is 11.2. The lowest BCUT2D eigenvalue weighted by atomic mass is 9.84. The molecule has 4 aromatic rings. The zero-order valence-corrected chi connectivity index (χ0v) is 17.7. The number of esters is 1. The molecule has 5 N–H and O–H groups in total. The van der Waals surface area contributed by atoms with Gasteiger partial charge in [0.25, 0.3) is 0 Å². The molecule has 0 amide bonds. The molecule has 0 radical (unpaired) electrons. The van der Waals surface area contributed by atoms with Crippen LogP contribution in [0.3, 0.4) is 0 Å². The molecule has 0 saturated heterocycles. The predicted octanol–water partition coefficient (Wildman–Crippen LogP) is 3.42. The Hall–Kier alpha value is -4.99. The summed E-state index contributed by atoms with van der Waals surface area (Å²) in [5, 5.41) is 49.3. The van der Waals surface area contributed by atoms with E-state index < -0.39 is 46.3 Å². The Kier molecular flexibility index (Phi) is 4.87. The molecule has 0 aliphatic carbocycles. The molecule has 3 aromatic carbocycles. The first-order chi connectivity index (χ1) is 16.7. The normalized spacial score (nSPS) is 15.0. The summed E-state index contributed by atoms with van der Waals surface area (Å²) in [7, 11) is 0. The second kappa shape index (κ2) is 7.80. The molecule has 5 rings (SSSR count). The summed E-state index contributed by atoms with van der Waals surface area (Å²) >= 11 is 0. The van der Waals surface area contributed by atoms with Gasteiger partial charge in [-0.25, -0.2) is 4.79 Å². The van der Waals surface area contributed by atoms with Gasteiger partial charge in [-0.2, -0.15) is 0 Å². The largest absolute Gasteiger partial charge is 0.507 e. The van der Waals surface area contributed by atoms with E-state index in [1.165, 1.54) is 30.3 Å². The van der Waals surface area contributed by atoms with E-state index in [-0.39, 0.29) is 45.6 Å². The quantitative estimate of drug-likeness (QED) is 0.167. The molecule has 1 aliphatic heterocycles. The van der Waals surface area contributed by atoms with Crippen LogP contribution < -0.4 is 10.2 Å². The molecule has 0 unspecified atom stereocenters. The van der Waals surface area contributed by atoms with Crippen LogP contribution in [0.5, 0.6) is 28.7 Å². The number of benzene rings is 3. The highest BCUT2D eigenvalue weighted by molar-refractivity contribution is 5.94. The molecule has 2 heterocycles. The number of aromatic hydroxyl groups is 4. The summed E-state index contributed by atoms with van der Waals surface area (Å²) in [6, 6.07) is 10.4. The van der Waals surface area contributed by atoms with Gasteiger partial charge in [-0.05, 0) is 35.9 Å². The maximum Gasteiger partial charge on any atom is 0.335 e. The van der Waals surface area contributed by atoms with Crippen LogP contribution in [0.25, 0.3) is 22.3 Å². The SMILES string of the molecule is O=C1C[C@H](c2ccc(C(=O)O)cc2)c2c(cc(O)c3c(=O)c(O)c(-c4ccc(O)c(O)c4)oc23)O1. The summed E-state index contributed by atoms with van der Waals surface area (Å²) in [6.45, 7) is 0. The number of hydrogen-bond acceptors (Lipinski definition) is 9. The van der Waals surface area contributed by atoms with Crippen LogP contribution in [0.15, 0.2) is 57.7 Å². The summed E-state index contributed by atoms with van der Waals surface area (Å²) in [4.78, 5) is 36.6. The zero-order chi connectivity index (χ0) is 25.0. The van der Waals surface area contributed by atoms with Gasteiger partial charge in [0.15, 0.2) is 17.3 Å². The molecule has 176 valence electrons. The van der Waals surface area contributed by atoms with E-state index in [1.807, 2.05) is 0 Å². The second-order valence-electron chi connectivity index (χ2n) is 7.98. The predicted molar refractivity (Wildman–Crippen MR) is 120 cm³/mol. The highest BCUT2D eigenvalue weighted by Crippen LogP contribution is 2.47. The fourth-order valence-electron chi connectivity index (χ4n) is 4.18. The van der Waals surface area contributed by atoms with E-state index >= 15 is 0 Å². The maximum absolute atomic E-state index is 13.1. The van der Waals surface area contributed by atoms with Crippen LogP contribution in [0.1, 0.15) is 33.8 Å². The number of rotatable bonds is 3. The topological polar surface area (TPSA) is 175 Å². The Labute approximate surface area is 195 Å². The van der Waals surface area contributed by atoms with Gasteiger partial charge in [0.1, 0.15) is 22.5 Å². The summed E-state index contributed by atoms with van der Waals surface area (Å²) in [6.07, 6.45) is -0.167. The van der Waals surface area contributed by atoms with Gasteiger partial charge in [0, 0.05) is 23.1 Å². The minimum Gasteiger partial charge on any atom is -0.507 e. The van der Waals surface area contributed by atoms with Crippen molar-refractivity contribution >= 4 is 22.9 Å².